The Balaban J connectivity index is 2.63. The minimum absolute atomic E-state index is 0.0548. The predicted molar refractivity (Wildman–Crippen MR) is 104 cm³/mol. The zero-order chi connectivity index (χ0) is 17.6. The first-order valence-corrected chi connectivity index (χ1v) is 12.7. The third-order valence-electron chi connectivity index (χ3n) is 5.57. The average Bonchev–Trinajstić information content (AvgIpc) is 2.64. The van der Waals surface area contributed by atoms with Crippen LogP contribution in [-0.4, -0.2) is 37.4 Å². The number of esters is 1. The average molecular weight is 367 g/mol. The van der Waals surface area contributed by atoms with Gasteiger partial charge >= 0.3 is 5.97 Å². The summed E-state index contributed by atoms with van der Waals surface area (Å²) in [6.45, 7) is 9.74. The first kappa shape index (κ1) is 19.5. The first-order valence-electron chi connectivity index (χ1n) is 9.09. The fourth-order valence-electron chi connectivity index (χ4n) is 4.11. The summed E-state index contributed by atoms with van der Waals surface area (Å²) < 4.78 is 11.4. The minimum Gasteiger partial charge on any atom is -0.465 e. The Morgan fingerprint density at radius 3 is 2.38 bits per heavy atom. The van der Waals surface area contributed by atoms with E-state index < -0.39 is 12.4 Å². The molecule has 0 N–H and O–H groups in total. The van der Waals surface area contributed by atoms with E-state index in [-0.39, 0.29) is 12.1 Å². The van der Waals surface area contributed by atoms with Crippen LogP contribution in [0.5, 0.6) is 0 Å². The summed E-state index contributed by atoms with van der Waals surface area (Å²) in [5.41, 5.74) is 1.10. The molecule has 0 radical (unpaired) electrons. The quantitative estimate of drug-likeness (QED) is 0.511. The number of carbonyl (C=O) groups is 1. The lowest BCUT2D eigenvalue weighted by molar-refractivity contribution is -0.148. The van der Waals surface area contributed by atoms with Gasteiger partial charge in [0.15, 0.2) is 0 Å². The molecule has 24 heavy (non-hydrogen) atoms. The molecule has 0 aliphatic carbocycles. The Morgan fingerprint density at radius 1 is 1.21 bits per heavy atom. The molecule has 0 aromatic heterocycles. The van der Waals surface area contributed by atoms with Crippen molar-refractivity contribution in [1.29, 1.82) is 0 Å². The highest BCUT2D eigenvalue weighted by Gasteiger charge is 2.63. The van der Waals surface area contributed by atoms with Gasteiger partial charge in [-0.2, -0.15) is 0 Å². The summed E-state index contributed by atoms with van der Waals surface area (Å²) in [7, 11) is -1.95. The van der Waals surface area contributed by atoms with Crippen molar-refractivity contribution < 1.29 is 14.3 Å². The van der Waals surface area contributed by atoms with E-state index >= 15 is 0 Å². The monoisotopic (exact) mass is 366 g/mol. The van der Waals surface area contributed by atoms with Gasteiger partial charge in [-0.3, -0.25) is 4.79 Å². The van der Waals surface area contributed by atoms with Crippen molar-refractivity contribution in [3.05, 3.63) is 35.9 Å². The van der Waals surface area contributed by atoms with Crippen molar-refractivity contribution >= 4 is 25.8 Å². The molecule has 3 nitrogen and oxygen atoms in total. The number of thioether (sulfide) groups is 1. The zero-order valence-corrected chi connectivity index (χ0v) is 17.2. The van der Waals surface area contributed by atoms with Gasteiger partial charge in [-0.25, -0.2) is 0 Å². The van der Waals surface area contributed by atoms with Crippen molar-refractivity contribution in [3.8, 4) is 0 Å². The molecular formula is C19H30O3SSi. The fraction of sp³-hybridized carbons (Fsp3) is 0.632. The molecule has 1 aliphatic heterocycles. The molecule has 1 aromatic rings. The second-order valence-corrected chi connectivity index (χ2v) is 13.5. The van der Waals surface area contributed by atoms with Crippen LogP contribution in [-0.2, 0) is 14.3 Å². The molecule has 1 heterocycles. The Morgan fingerprint density at radius 2 is 1.83 bits per heavy atom. The van der Waals surface area contributed by atoms with E-state index in [0.29, 0.717) is 13.2 Å². The highest BCUT2D eigenvalue weighted by atomic mass is 32.2. The molecular weight excluding hydrogens is 336 g/mol. The van der Waals surface area contributed by atoms with Crippen molar-refractivity contribution in [2.45, 2.75) is 56.3 Å². The Bertz CT molecular complexity index is 524. The lowest BCUT2D eigenvalue weighted by atomic mass is 10.1. The van der Waals surface area contributed by atoms with Crippen LogP contribution in [0.4, 0.5) is 0 Å². The molecule has 1 fully saturated rings. The van der Waals surface area contributed by atoms with Crippen LogP contribution in [0.2, 0.25) is 18.1 Å². The molecule has 0 spiro atoms. The first-order chi connectivity index (χ1) is 11.6. The number of hydrogen-bond acceptors (Lipinski definition) is 4. The molecule has 1 saturated heterocycles. The standard InChI is InChI=1S/C19H30O3SSi/c1-5-21-18(20)19(24(6-2,7-3)8-4)17(22-14-15-23-19)16-12-10-9-11-13-16/h9-13,17H,5-8,14-15H2,1-4H3/t17-,19-/m1/s1. The highest BCUT2D eigenvalue weighted by Crippen LogP contribution is 2.54. The Labute approximate surface area is 151 Å². The summed E-state index contributed by atoms with van der Waals surface area (Å²) in [6, 6.07) is 13.4. The van der Waals surface area contributed by atoms with Crippen molar-refractivity contribution in [3.63, 3.8) is 0 Å². The molecule has 2 rings (SSSR count). The van der Waals surface area contributed by atoms with Gasteiger partial charge in [0.1, 0.15) is 10.5 Å². The van der Waals surface area contributed by atoms with Crippen LogP contribution < -0.4 is 0 Å². The Kier molecular flexibility index (Phi) is 6.95. The van der Waals surface area contributed by atoms with Gasteiger partial charge in [-0.05, 0) is 12.5 Å². The Hall–Kier alpha value is -0.783. The van der Waals surface area contributed by atoms with E-state index in [1.807, 2.05) is 25.1 Å². The van der Waals surface area contributed by atoms with E-state index in [4.69, 9.17) is 9.47 Å². The van der Waals surface area contributed by atoms with Crippen LogP contribution in [0.1, 0.15) is 39.4 Å². The van der Waals surface area contributed by atoms with Crippen molar-refractivity contribution in [2.75, 3.05) is 19.0 Å². The van der Waals surface area contributed by atoms with Crippen LogP contribution in [0, 0.1) is 0 Å². The molecule has 0 bridgehead atoms. The SMILES string of the molecule is CCOC(=O)[C@@]1([Si](CC)(CC)CC)SCCO[C@@H]1c1ccccc1. The normalized spacial score (nSPS) is 24.6. The van der Waals surface area contributed by atoms with E-state index in [1.165, 1.54) is 0 Å². The highest BCUT2D eigenvalue weighted by molar-refractivity contribution is 8.03. The smallest absolute Gasteiger partial charge is 0.322 e. The molecule has 0 unspecified atom stereocenters. The third kappa shape index (κ3) is 3.18. The summed E-state index contributed by atoms with van der Waals surface area (Å²) >= 11 is 1.80. The maximum Gasteiger partial charge on any atom is 0.322 e. The van der Waals surface area contributed by atoms with E-state index in [0.717, 1.165) is 29.4 Å². The van der Waals surface area contributed by atoms with E-state index in [9.17, 15) is 4.79 Å². The molecule has 1 aliphatic rings. The van der Waals surface area contributed by atoms with Gasteiger partial charge < -0.3 is 9.47 Å². The van der Waals surface area contributed by atoms with E-state index in [1.54, 1.807) is 11.8 Å². The van der Waals surface area contributed by atoms with Gasteiger partial charge in [-0.15, -0.1) is 11.8 Å². The number of ether oxygens (including phenoxy) is 2. The topological polar surface area (TPSA) is 35.5 Å². The number of carbonyl (C=O) groups excluding carboxylic acids is 1. The molecule has 1 aromatic carbocycles. The maximum absolute atomic E-state index is 13.3. The van der Waals surface area contributed by atoms with Crippen LogP contribution in [0.3, 0.4) is 0 Å². The third-order valence-corrected chi connectivity index (χ3v) is 14.6. The van der Waals surface area contributed by atoms with Gasteiger partial charge in [0, 0.05) is 5.75 Å². The van der Waals surface area contributed by atoms with Gasteiger partial charge in [0.05, 0.1) is 21.3 Å². The van der Waals surface area contributed by atoms with Crippen LogP contribution in [0.15, 0.2) is 30.3 Å². The number of rotatable bonds is 7. The second kappa shape index (κ2) is 8.54. The maximum atomic E-state index is 13.3. The predicted octanol–water partition coefficient (Wildman–Crippen LogP) is 4.84. The largest absolute Gasteiger partial charge is 0.465 e. The molecule has 134 valence electrons. The van der Waals surface area contributed by atoms with Crippen molar-refractivity contribution in [2.24, 2.45) is 0 Å². The zero-order valence-electron chi connectivity index (χ0n) is 15.3. The minimum atomic E-state index is -1.95. The lowest BCUT2D eigenvalue weighted by Crippen LogP contribution is -2.65. The fourth-order valence-corrected chi connectivity index (χ4v) is 12.4. The van der Waals surface area contributed by atoms with Crippen LogP contribution in [0.25, 0.3) is 0 Å². The lowest BCUT2D eigenvalue weighted by Gasteiger charge is -2.52. The van der Waals surface area contributed by atoms with Gasteiger partial charge in [0.2, 0.25) is 0 Å². The molecule has 2 atom stereocenters. The number of hydrogen-bond donors (Lipinski definition) is 0. The molecule has 0 amide bonds. The summed E-state index contributed by atoms with van der Waals surface area (Å²) in [5, 5.41) is 0. The summed E-state index contributed by atoms with van der Waals surface area (Å²) in [5.74, 6) is 0.803. The summed E-state index contributed by atoms with van der Waals surface area (Å²) in [4.78, 5) is 13.3. The van der Waals surface area contributed by atoms with Crippen molar-refractivity contribution in [1.82, 2.24) is 0 Å². The summed E-state index contributed by atoms with van der Waals surface area (Å²) in [6.07, 6.45) is -0.206. The van der Waals surface area contributed by atoms with Crippen LogP contribution >= 0.6 is 11.8 Å². The molecule has 0 saturated carbocycles. The molecule has 5 heteroatoms. The number of benzene rings is 1. The second-order valence-electron chi connectivity index (χ2n) is 6.31. The van der Waals surface area contributed by atoms with E-state index in [2.05, 4.69) is 32.9 Å². The van der Waals surface area contributed by atoms with Gasteiger partial charge in [-0.1, -0.05) is 69.2 Å². The van der Waals surface area contributed by atoms with Gasteiger partial charge in [0.25, 0.3) is 0 Å².